The van der Waals surface area contributed by atoms with Crippen LogP contribution in [0.15, 0.2) is 0 Å². The largest absolute Gasteiger partial charge is 0.396 e. The fourth-order valence-electron chi connectivity index (χ4n) is 1.55. The molecule has 0 radical (unpaired) electrons. The third-order valence-electron chi connectivity index (χ3n) is 2.32. The van der Waals surface area contributed by atoms with Gasteiger partial charge in [-0.2, -0.15) is 0 Å². The number of hydrogen-bond donors (Lipinski definition) is 3. The van der Waals surface area contributed by atoms with Crippen molar-refractivity contribution in [2.75, 3.05) is 6.61 Å². The Kier molecular flexibility index (Phi) is 2.28. The lowest BCUT2D eigenvalue weighted by atomic mass is 10.1. The lowest BCUT2D eigenvalue weighted by Crippen LogP contribution is -2.28. The second-order valence-corrected chi connectivity index (χ2v) is 3.14. The monoisotopic (exact) mass is 146 g/mol. The Morgan fingerprint density at radius 1 is 1.30 bits per heavy atom. The van der Waals surface area contributed by atoms with Gasteiger partial charge in [-0.05, 0) is 12.3 Å². The minimum Gasteiger partial charge on any atom is -0.396 e. The summed E-state index contributed by atoms with van der Waals surface area (Å²) < 4.78 is 0. The van der Waals surface area contributed by atoms with Crippen molar-refractivity contribution >= 4 is 0 Å². The molecule has 1 saturated carbocycles. The zero-order valence-corrected chi connectivity index (χ0v) is 6.07. The summed E-state index contributed by atoms with van der Waals surface area (Å²) in [4.78, 5) is 0. The van der Waals surface area contributed by atoms with Crippen molar-refractivity contribution in [2.24, 2.45) is 11.8 Å². The number of hydrogen-bond acceptors (Lipinski definition) is 3. The second-order valence-electron chi connectivity index (χ2n) is 3.14. The van der Waals surface area contributed by atoms with Crippen molar-refractivity contribution in [1.82, 2.24) is 0 Å². The summed E-state index contributed by atoms with van der Waals surface area (Å²) in [5.74, 6) is -0.00264. The van der Waals surface area contributed by atoms with Gasteiger partial charge in [0.15, 0.2) is 0 Å². The maximum Gasteiger partial charge on any atom is 0.0851 e. The minimum atomic E-state index is -0.722. The van der Waals surface area contributed by atoms with E-state index >= 15 is 0 Å². The summed E-state index contributed by atoms with van der Waals surface area (Å²) in [5.41, 5.74) is 0. The Morgan fingerprint density at radius 2 is 1.90 bits per heavy atom. The highest BCUT2D eigenvalue weighted by Gasteiger charge is 2.38. The molecule has 0 heterocycles. The van der Waals surface area contributed by atoms with Gasteiger partial charge in [-0.1, -0.05) is 6.92 Å². The highest BCUT2D eigenvalue weighted by molar-refractivity contribution is 4.88. The van der Waals surface area contributed by atoms with Gasteiger partial charge in [0.1, 0.15) is 0 Å². The van der Waals surface area contributed by atoms with Crippen molar-refractivity contribution in [3.05, 3.63) is 0 Å². The van der Waals surface area contributed by atoms with E-state index in [1.807, 2.05) is 6.92 Å². The molecule has 3 nitrogen and oxygen atoms in total. The number of aliphatic hydroxyl groups excluding tert-OH is 3. The molecule has 0 bridgehead atoms. The normalized spacial score (nSPS) is 48.0. The molecule has 4 atom stereocenters. The molecule has 10 heavy (non-hydrogen) atoms. The van der Waals surface area contributed by atoms with Gasteiger partial charge in [0.05, 0.1) is 12.2 Å². The molecular formula is C7H14O3. The van der Waals surface area contributed by atoms with Crippen LogP contribution >= 0.6 is 0 Å². The topological polar surface area (TPSA) is 60.7 Å². The Labute approximate surface area is 60.3 Å². The van der Waals surface area contributed by atoms with Crippen LogP contribution in [0.3, 0.4) is 0 Å². The van der Waals surface area contributed by atoms with Gasteiger partial charge in [-0.15, -0.1) is 0 Å². The van der Waals surface area contributed by atoms with Gasteiger partial charge in [0, 0.05) is 12.5 Å². The van der Waals surface area contributed by atoms with Gasteiger partial charge < -0.3 is 15.3 Å². The molecule has 0 saturated heterocycles. The first-order valence-corrected chi connectivity index (χ1v) is 3.63. The summed E-state index contributed by atoms with van der Waals surface area (Å²) >= 11 is 0. The zero-order valence-electron chi connectivity index (χ0n) is 6.07. The molecule has 1 fully saturated rings. The molecule has 1 aliphatic rings. The predicted octanol–water partition coefficient (Wildman–Crippen LogP) is -0.643. The first kappa shape index (κ1) is 7.98. The quantitative estimate of drug-likeness (QED) is 0.461. The Balaban J connectivity index is 2.53. The van der Waals surface area contributed by atoms with Gasteiger partial charge in [0.25, 0.3) is 0 Å². The van der Waals surface area contributed by atoms with Crippen molar-refractivity contribution in [1.29, 1.82) is 0 Å². The zero-order chi connectivity index (χ0) is 7.72. The van der Waals surface area contributed by atoms with Crippen LogP contribution in [-0.2, 0) is 0 Å². The van der Waals surface area contributed by atoms with Crippen LogP contribution < -0.4 is 0 Å². The van der Waals surface area contributed by atoms with E-state index in [1.54, 1.807) is 0 Å². The molecule has 3 heteroatoms. The lowest BCUT2D eigenvalue weighted by molar-refractivity contribution is -0.00366. The Hall–Kier alpha value is -0.120. The van der Waals surface area contributed by atoms with Crippen LogP contribution in [0, 0.1) is 11.8 Å². The predicted molar refractivity (Wildman–Crippen MR) is 36.4 cm³/mol. The van der Waals surface area contributed by atoms with E-state index in [0.29, 0.717) is 0 Å². The third-order valence-corrected chi connectivity index (χ3v) is 2.32. The fourth-order valence-corrected chi connectivity index (χ4v) is 1.55. The van der Waals surface area contributed by atoms with Crippen molar-refractivity contribution in [2.45, 2.75) is 25.6 Å². The standard InChI is InChI=1S/C7H14O3/c1-4-2-5(3-8)7(10)6(4)9/h4-10H,2-3H2,1H3/t4-,5-,6+,7-/m1/s1. The fraction of sp³-hybridized carbons (Fsp3) is 1.00. The van der Waals surface area contributed by atoms with Crippen molar-refractivity contribution in [3.63, 3.8) is 0 Å². The Bertz CT molecular complexity index is 115. The van der Waals surface area contributed by atoms with E-state index in [1.165, 1.54) is 0 Å². The second kappa shape index (κ2) is 2.86. The van der Waals surface area contributed by atoms with Crippen LogP contribution in [0.5, 0.6) is 0 Å². The van der Waals surface area contributed by atoms with Crippen LogP contribution in [0.4, 0.5) is 0 Å². The van der Waals surface area contributed by atoms with E-state index in [4.69, 9.17) is 5.11 Å². The van der Waals surface area contributed by atoms with E-state index in [0.717, 1.165) is 6.42 Å². The summed E-state index contributed by atoms with van der Waals surface area (Å²) in [6.45, 7) is 1.85. The van der Waals surface area contributed by atoms with Crippen LogP contribution in [0.25, 0.3) is 0 Å². The smallest absolute Gasteiger partial charge is 0.0851 e. The summed E-state index contributed by atoms with van der Waals surface area (Å²) in [7, 11) is 0. The van der Waals surface area contributed by atoms with Gasteiger partial charge >= 0.3 is 0 Å². The van der Waals surface area contributed by atoms with E-state index < -0.39 is 12.2 Å². The van der Waals surface area contributed by atoms with E-state index in [-0.39, 0.29) is 18.4 Å². The van der Waals surface area contributed by atoms with Crippen molar-refractivity contribution < 1.29 is 15.3 Å². The number of rotatable bonds is 1. The molecule has 0 aromatic heterocycles. The molecule has 0 aliphatic heterocycles. The molecule has 1 rings (SSSR count). The summed E-state index contributed by atoms with van der Waals surface area (Å²) in [6, 6.07) is 0. The number of aliphatic hydroxyl groups is 3. The van der Waals surface area contributed by atoms with Crippen LogP contribution in [-0.4, -0.2) is 34.1 Å². The van der Waals surface area contributed by atoms with Gasteiger partial charge in [-0.3, -0.25) is 0 Å². The maximum absolute atomic E-state index is 9.22. The highest BCUT2D eigenvalue weighted by Crippen LogP contribution is 2.30. The lowest BCUT2D eigenvalue weighted by Gasteiger charge is -2.13. The highest BCUT2D eigenvalue weighted by atomic mass is 16.3. The molecule has 60 valence electrons. The van der Waals surface area contributed by atoms with E-state index in [2.05, 4.69) is 0 Å². The van der Waals surface area contributed by atoms with Gasteiger partial charge in [0.2, 0.25) is 0 Å². The molecular weight excluding hydrogens is 132 g/mol. The first-order valence-electron chi connectivity index (χ1n) is 3.63. The molecule has 0 amide bonds. The molecule has 0 aromatic carbocycles. The van der Waals surface area contributed by atoms with Gasteiger partial charge in [-0.25, -0.2) is 0 Å². The molecule has 0 unspecified atom stereocenters. The van der Waals surface area contributed by atoms with Crippen LogP contribution in [0.1, 0.15) is 13.3 Å². The maximum atomic E-state index is 9.22. The minimum absolute atomic E-state index is 0.0252. The summed E-state index contributed by atoms with van der Waals surface area (Å²) in [5, 5.41) is 27.1. The average molecular weight is 146 g/mol. The van der Waals surface area contributed by atoms with Crippen LogP contribution in [0.2, 0.25) is 0 Å². The molecule has 0 spiro atoms. The molecule has 0 aromatic rings. The summed E-state index contributed by atoms with van der Waals surface area (Å²) in [6.07, 6.45) is -0.643. The van der Waals surface area contributed by atoms with E-state index in [9.17, 15) is 10.2 Å². The molecule has 1 aliphatic carbocycles. The third kappa shape index (κ3) is 1.17. The Morgan fingerprint density at radius 3 is 2.10 bits per heavy atom. The molecule has 3 N–H and O–H groups in total. The average Bonchev–Trinajstić information content (AvgIpc) is 2.17. The van der Waals surface area contributed by atoms with Crippen molar-refractivity contribution in [3.8, 4) is 0 Å². The first-order chi connectivity index (χ1) is 4.66. The SMILES string of the molecule is C[C@@H]1C[C@H](CO)[C@@H](O)[C@H]1O.